The monoisotopic (exact) mass is 309 g/mol. The predicted octanol–water partition coefficient (Wildman–Crippen LogP) is 3.03. The van der Waals surface area contributed by atoms with Crippen LogP contribution in [0, 0.1) is 5.92 Å². The van der Waals surface area contributed by atoms with Gasteiger partial charge in [-0.2, -0.15) is 0 Å². The third-order valence-corrected chi connectivity index (χ3v) is 4.33. The summed E-state index contributed by atoms with van der Waals surface area (Å²) in [5, 5.41) is 12.4. The molecular weight excluding hydrogens is 290 g/mol. The lowest BCUT2D eigenvalue weighted by Crippen LogP contribution is -2.42. The fraction of sp³-hybridized carbons (Fsp3) is 0.500. The number of nitrogens with one attached hydrogen (secondary N) is 1. The summed E-state index contributed by atoms with van der Waals surface area (Å²) in [7, 11) is 0. The van der Waals surface area contributed by atoms with Crippen LogP contribution in [0.15, 0.2) is 24.3 Å². The van der Waals surface area contributed by atoms with Crippen LogP contribution in [0.2, 0.25) is 5.02 Å². The zero-order chi connectivity index (χ0) is 15.2. The Morgan fingerprint density at radius 1 is 1.29 bits per heavy atom. The minimum absolute atomic E-state index is 0.179. The van der Waals surface area contributed by atoms with Crippen molar-refractivity contribution in [3.8, 4) is 0 Å². The first-order chi connectivity index (χ1) is 10.1. The largest absolute Gasteiger partial charge is 0.480 e. The summed E-state index contributed by atoms with van der Waals surface area (Å²) < 4.78 is 0. The Hall–Kier alpha value is -1.55. The maximum atomic E-state index is 12.0. The molecule has 0 unspecified atom stereocenters. The van der Waals surface area contributed by atoms with Crippen LogP contribution in [0.1, 0.15) is 37.7 Å². The van der Waals surface area contributed by atoms with Gasteiger partial charge in [-0.25, -0.2) is 4.79 Å². The molecule has 0 spiro atoms. The molecule has 2 N–H and O–H groups in total. The fourth-order valence-corrected chi connectivity index (χ4v) is 3.03. The van der Waals surface area contributed by atoms with E-state index >= 15 is 0 Å². The van der Waals surface area contributed by atoms with Gasteiger partial charge >= 0.3 is 5.97 Å². The van der Waals surface area contributed by atoms with Gasteiger partial charge in [-0.15, -0.1) is 0 Å². The normalized spacial score (nSPS) is 16.6. The van der Waals surface area contributed by atoms with E-state index in [0.29, 0.717) is 17.4 Å². The summed E-state index contributed by atoms with van der Waals surface area (Å²) in [6, 6.07) is 6.16. The van der Waals surface area contributed by atoms with E-state index in [-0.39, 0.29) is 12.3 Å². The van der Waals surface area contributed by atoms with Gasteiger partial charge in [0.2, 0.25) is 5.91 Å². The predicted molar refractivity (Wildman–Crippen MR) is 81.3 cm³/mol. The lowest BCUT2D eigenvalue weighted by molar-refractivity contribution is -0.141. The van der Waals surface area contributed by atoms with Gasteiger partial charge < -0.3 is 10.4 Å². The summed E-state index contributed by atoms with van der Waals surface area (Å²) in [6.07, 6.45) is 5.09. The number of carbonyl (C=O) groups excluding carboxylic acids is 1. The van der Waals surface area contributed by atoms with Crippen molar-refractivity contribution in [3.63, 3.8) is 0 Å². The van der Waals surface area contributed by atoms with Crippen molar-refractivity contribution < 1.29 is 14.7 Å². The summed E-state index contributed by atoms with van der Waals surface area (Å²) in [5.74, 6) is -0.809. The summed E-state index contributed by atoms with van der Waals surface area (Å²) in [6.45, 7) is 0. The molecule has 1 aliphatic rings. The number of benzene rings is 1. The second-order valence-corrected chi connectivity index (χ2v) is 6.02. The highest BCUT2D eigenvalue weighted by Gasteiger charge is 2.24. The average molecular weight is 310 g/mol. The molecule has 0 bridgehead atoms. The lowest BCUT2D eigenvalue weighted by atomic mass is 10.0. The van der Waals surface area contributed by atoms with Gasteiger partial charge in [0, 0.05) is 17.9 Å². The molecule has 1 amide bonds. The van der Waals surface area contributed by atoms with Crippen molar-refractivity contribution in [1.29, 1.82) is 0 Å². The zero-order valence-corrected chi connectivity index (χ0v) is 12.6. The fourth-order valence-electron chi connectivity index (χ4n) is 2.81. The lowest BCUT2D eigenvalue weighted by Gasteiger charge is -2.17. The Morgan fingerprint density at radius 3 is 2.57 bits per heavy atom. The smallest absolute Gasteiger partial charge is 0.326 e. The zero-order valence-electron chi connectivity index (χ0n) is 11.8. The van der Waals surface area contributed by atoms with Gasteiger partial charge in [0.1, 0.15) is 6.04 Å². The first kappa shape index (κ1) is 15.8. The number of rotatable bonds is 6. The molecule has 1 fully saturated rings. The molecule has 0 saturated heterocycles. The van der Waals surface area contributed by atoms with E-state index in [0.717, 1.165) is 18.4 Å². The van der Waals surface area contributed by atoms with Gasteiger partial charge in [0.15, 0.2) is 0 Å². The SMILES string of the molecule is O=C(CC1CCCC1)N[C@@H](Cc1ccccc1Cl)C(=O)O. The number of aliphatic carboxylic acids is 1. The second-order valence-electron chi connectivity index (χ2n) is 5.61. The molecule has 0 aromatic heterocycles. The molecule has 1 aromatic rings. The van der Waals surface area contributed by atoms with Gasteiger partial charge in [-0.05, 0) is 30.4 Å². The van der Waals surface area contributed by atoms with Crippen molar-refractivity contribution in [1.82, 2.24) is 5.32 Å². The summed E-state index contributed by atoms with van der Waals surface area (Å²) >= 11 is 6.04. The number of amides is 1. The molecule has 5 heteroatoms. The van der Waals surface area contributed by atoms with E-state index in [1.54, 1.807) is 24.3 Å². The van der Waals surface area contributed by atoms with Crippen LogP contribution in [-0.2, 0) is 16.0 Å². The maximum absolute atomic E-state index is 12.0. The van der Waals surface area contributed by atoms with E-state index in [2.05, 4.69) is 5.32 Å². The van der Waals surface area contributed by atoms with Crippen LogP contribution in [0.25, 0.3) is 0 Å². The Kier molecular flexibility index (Phi) is 5.62. The van der Waals surface area contributed by atoms with E-state index in [1.165, 1.54) is 12.8 Å². The Bertz CT molecular complexity index is 512. The highest BCUT2D eigenvalue weighted by molar-refractivity contribution is 6.31. The molecule has 1 aromatic carbocycles. The van der Waals surface area contributed by atoms with Crippen molar-refractivity contribution >= 4 is 23.5 Å². The van der Waals surface area contributed by atoms with Gasteiger partial charge in [0.05, 0.1) is 0 Å². The van der Waals surface area contributed by atoms with E-state index < -0.39 is 12.0 Å². The molecule has 4 nitrogen and oxygen atoms in total. The molecular formula is C16H20ClNO3. The van der Waals surface area contributed by atoms with Crippen LogP contribution in [0.3, 0.4) is 0 Å². The third-order valence-electron chi connectivity index (χ3n) is 3.96. The Morgan fingerprint density at radius 2 is 1.95 bits per heavy atom. The van der Waals surface area contributed by atoms with Gasteiger partial charge in [0.25, 0.3) is 0 Å². The molecule has 1 saturated carbocycles. The highest BCUT2D eigenvalue weighted by atomic mass is 35.5. The number of hydrogen-bond donors (Lipinski definition) is 2. The van der Waals surface area contributed by atoms with Crippen molar-refractivity contribution in [2.45, 2.75) is 44.6 Å². The van der Waals surface area contributed by atoms with Gasteiger partial charge in [-0.3, -0.25) is 4.79 Å². The van der Waals surface area contributed by atoms with Crippen molar-refractivity contribution in [3.05, 3.63) is 34.9 Å². The van der Waals surface area contributed by atoms with Crippen molar-refractivity contribution in [2.24, 2.45) is 5.92 Å². The summed E-state index contributed by atoms with van der Waals surface area (Å²) in [5.41, 5.74) is 0.729. The molecule has 21 heavy (non-hydrogen) atoms. The second kappa shape index (κ2) is 7.46. The quantitative estimate of drug-likeness (QED) is 0.849. The molecule has 0 heterocycles. The summed E-state index contributed by atoms with van der Waals surface area (Å²) in [4.78, 5) is 23.3. The molecule has 0 aliphatic heterocycles. The van der Waals surface area contributed by atoms with Gasteiger partial charge in [-0.1, -0.05) is 42.6 Å². The highest BCUT2D eigenvalue weighted by Crippen LogP contribution is 2.27. The molecule has 0 radical (unpaired) electrons. The standard InChI is InChI=1S/C16H20ClNO3/c17-13-8-4-3-7-12(13)10-14(16(20)21)18-15(19)9-11-5-1-2-6-11/h3-4,7-8,11,14H,1-2,5-6,9-10H2,(H,18,19)(H,20,21)/t14-/m0/s1. The van der Waals surface area contributed by atoms with E-state index in [1.807, 2.05) is 0 Å². The number of carboxylic acid groups (broad SMARTS) is 1. The molecule has 114 valence electrons. The number of hydrogen-bond acceptors (Lipinski definition) is 2. The Labute approximate surface area is 129 Å². The number of carbonyl (C=O) groups is 2. The molecule has 1 atom stereocenters. The number of halogens is 1. The Balaban J connectivity index is 1.94. The van der Waals surface area contributed by atoms with Crippen LogP contribution in [0.4, 0.5) is 0 Å². The van der Waals surface area contributed by atoms with E-state index in [4.69, 9.17) is 11.6 Å². The van der Waals surface area contributed by atoms with Crippen LogP contribution in [0.5, 0.6) is 0 Å². The minimum atomic E-state index is -1.03. The van der Waals surface area contributed by atoms with Crippen LogP contribution < -0.4 is 5.32 Å². The van der Waals surface area contributed by atoms with Crippen LogP contribution in [-0.4, -0.2) is 23.0 Å². The third kappa shape index (κ3) is 4.74. The van der Waals surface area contributed by atoms with Crippen molar-refractivity contribution in [2.75, 3.05) is 0 Å². The van der Waals surface area contributed by atoms with E-state index in [9.17, 15) is 14.7 Å². The average Bonchev–Trinajstić information content (AvgIpc) is 2.93. The topological polar surface area (TPSA) is 66.4 Å². The first-order valence-corrected chi connectivity index (χ1v) is 7.69. The minimum Gasteiger partial charge on any atom is -0.480 e. The maximum Gasteiger partial charge on any atom is 0.326 e. The number of carboxylic acids is 1. The first-order valence-electron chi connectivity index (χ1n) is 7.32. The molecule has 2 rings (SSSR count). The van der Waals surface area contributed by atoms with Crippen LogP contribution >= 0.6 is 11.6 Å². The molecule has 1 aliphatic carbocycles.